The summed E-state index contributed by atoms with van der Waals surface area (Å²) >= 11 is 0. The minimum Gasteiger partial charge on any atom is -0.0623 e. The van der Waals surface area contributed by atoms with Gasteiger partial charge < -0.3 is 0 Å². The number of hydrogen-bond acceptors (Lipinski definition) is 0. The smallest absolute Gasteiger partial charge is 0.0623 e. The predicted octanol–water partition coefficient (Wildman–Crippen LogP) is 1.57. The van der Waals surface area contributed by atoms with E-state index in [4.69, 9.17) is 14.0 Å². The summed E-state index contributed by atoms with van der Waals surface area (Å²) in [6.45, 7) is 13.5. The number of benzene rings is 1. The van der Waals surface area contributed by atoms with Gasteiger partial charge in [-0.15, -0.1) is 0 Å². The molecular weight excluding hydrogens is 208 g/mol. The molecule has 0 bridgehead atoms. The predicted molar refractivity (Wildman–Crippen MR) is 38.2 cm³/mol. The van der Waals surface area contributed by atoms with Gasteiger partial charge in [-0.1, -0.05) is 36.4 Å². The van der Waals surface area contributed by atoms with E-state index < -0.39 is 0 Å². The third-order valence-electron chi connectivity index (χ3n) is 0.667. The van der Waals surface area contributed by atoms with Crippen LogP contribution in [0.1, 0.15) is 0 Å². The Bertz CT molecular complexity index is 162. The zero-order valence-electron chi connectivity index (χ0n) is 6.60. The molecule has 0 N–H and O–H groups in total. The molecule has 0 saturated heterocycles. The van der Waals surface area contributed by atoms with Crippen molar-refractivity contribution in [1.82, 2.24) is 0 Å². The van der Waals surface area contributed by atoms with Crippen molar-refractivity contribution in [3.63, 3.8) is 0 Å². The quantitative estimate of drug-likeness (QED) is 0.465. The van der Waals surface area contributed by atoms with Gasteiger partial charge in [0.2, 0.25) is 0 Å². The fraction of sp³-hybridized carbons (Fsp3) is 0. The van der Waals surface area contributed by atoms with Crippen LogP contribution >= 0.6 is 0 Å². The molecule has 4 heteroatoms. The van der Waals surface area contributed by atoms with Gasteiger partial charge in [-0.3, -0.25) is 0 Å². The van der Waals surface area contributed by atoms with Gasteiger partial charge in [-0.25, -0.2) is 0 Å². The van der Waals surface area contributed by atoms with Gasteiger partial charge in [-0.05, 0) is 0 Å². The van der Waals surface area contributed by atoms with Crippen LogP contribution in [0.25, 0.3) is 0 Å². The minimum absolute atomic E-state index is 0. The van der Waals surface area contributed by atoms with Crippen LogP contribution in [0.3, 0.4) is 0 Å². The van der Waals surface area contributed by atoms with Crippen LogP contribution in [0.4, 0.5) is 0 Å². The average Bonchev–Trinajstić information content (AvgIpc) is 2.29. The van der Waals surface area contributed by atoms with E-state index in [1.165, 1.54) is 0 Å². The molecule has 1 aromatic carbocycles. The molecule has 0 aliphatic rings. The van der Waals surface area contributed by atoms with Crippen LogP contribution in [0, 0.1) is 20.0 Å². The fourth-order valence-electron chi connectivity index (χ4n) is 0.385. The van der Waals surface area contributed by atoms with Crippen LogP contribution in [-0.4, -0.2) is 0 Å². The van der Waals surface area contributed by atoms with Crippen molar-refractivity contribution < 1.29 is 31.3 Å². The Kier molecular flexibility index (Phi) is 77.0. The maximum absolute atomic E-state index is 7.50. The first kappa shape index (κ1) is 22.7. The van der Waals surface area contributed by atoms with Crippen LogP contribution in [0.15, 0.2) is 36.4 Å². The monoisotopic (exact) mass is 214 g/mol. The molecule has 0 amide bonds. The Hall–Kier alpha value is -1.03. The molecule has 0 aromatic heterocycles. The minimum atomic E-state index is 0. The molecule has 0 aliphatic heterocycles. The first-order chi connectivity index (χ1) is 6.00. The Morgan fingerprint density at radius 2 is 0.538 bits per heavy atom. The van der Waals surface area contributed by atoms with E-state index in [1.807, 2.05) is 36.4 Å². The van der Waals surface area contributed by atoms with Crippen LogP contribution < -0.4 is 0 Å². The molecule has 0 fully saturated rings. The van der Waals surface area contributed by atoms with Crippen molar-refractivity contribution in [2.24, 2.45) is 0 Å². The second kappa shape index (κ2) is 44.1. The molecule has 1 aromatic rings. The van der Waals surface area contributed by atoms with Crippen LogP contribution in [-0.2, 0) is 31.3 Å². The van der Waals surface area contributed by atoms with Gasteiger partial charge in [0, 0.05) is 0 Å². The summed E-state index contributed by atoms with van der Waals surface area (Å²) < 4.78 is 22.5. The number of rotatable bonds is 0. The zero-order chi connectivity index (χ0) is 10.2. The Labute approximate surface area is 88.1 Å². The van der Waals surface area contributed by atoms with Gasteiger partial charge >= 0.3 is 51.3 Å². The van der Waals surface area contributed by atoms with Crippen molar-refractivity contribution in [3.8, 4) is 0 Å². The summed E-state index contributed by atoms with van der Waals surface area (Å²) in [6.07, 6.45) is 0. The molecule has 3 nitrogen and oxygen atoms in total. The summed E-state index contributed by atoms with van der Waals surface area (Å²) in [5, 5.41) is 0. The molecule has 0 radical (unpaired) electrons. The second-order valence-electron chi connectivity index (χ2n) is 1.15. The summed E-state index contributed by atoms with van der Waals surface area (Å²) in [5.74, 6) is 0. The Balaban J connectivity index is -0.0000000508. The largest absolute Gasteiger partial charge is 6.00 e. The molecule has 0 heterocycles. The first-order valence-electron chi connectivity index (χ1n) is 2.61. The molecule has 0 unspecified atom stereocenters. The third kappa shape index (κ3) is 35.7. The molecular formula is C9H6CrO3+6. The Morgan fingerprint density at radius 3 is 0.615 bits per heavy atom. The average molecular weight is 214 g/mol. The van der Waals surface area contributed by atoms with Crippen molar-refractivity contribution in [1.29, 1.82) is 0 Å². The Morgan fingerprint density at radius 1 is 0.462 bits per heavy atom. The maximum atomic E-state index is 7.50. The number of hydrogen-bond donors (Lipinski definition) is 0. The zero-order valence-corrected chi connectivity index (χ0v) is 7.87. The molecule has 1 rings (SSSR count). The van der Waals surface area contributed by atoms with Gasteiger partial charge in [0.1, 0.15) is 0 Å². The maximum Gasteiger partial charge on any atom is 6.00 e. The van der Waals surface area contributed by atoms with Crippen molar-refractivity contribution in [2.75, 3.05) is 0 Å². The van der Waals surface area contributed by atoms with E-state index in [2.05, 4.69) is 20.0 Å². The van der Waals surface area contributed by atoms with Crippen LogP contribution in [0.5, 0.6) is 0 Å². The van der Waals surface area contributed by atoms with E-state index in [1.54, 1.807) is 0 Å². The molecule has 0 aliphatic carbocycles. The van der Waals surface area contributed by atoms with E-state index >= 15 is 0 Å². The standard InChI is InChI=1S/C6H6.3CO.Cr/c1-2-4-6-5-3-1;3*1-2;/h1-6H;;;;/q;;;;+6. The summed E-state index contributed by atoms with van der Waals surface area (Å²) in [7, 11) is 0. The topological polar surface area (TPSA) is 59.7 Å². The normalized spacial score (nSPS) is 4.15. The van der Waals surface area contributed by atoms with E-state index in [-0.39, 0.29) is 17.4 Å². The fourth-order valence-corrected chi connectivity index (χ4v) is 0.385. The van der Waals surface area contributed by atoms with E-state index in [0.29, 0.717) is 0 Å². The first-order valence-corrected chi connectivity index (χ1v) is 2.61. The van der Waals surface area contributed by atoms with Gasteiger partial charge in [0.15, 0.2) is 0 Å². The van der Waals surface area contributed by atoms with E-state index in [0.717, 1.165) is 0 Å². The van der Waals surface area contributed by atoms with Crippen molar-refractivity contribution in [2.45, 2.75) is 0 Å². The van der Waals surface area contributed by atoms with Crippen molar-refractivity contribution in [3.05, 3.63) is 56.3 Å². The molecule has 0 atom stereocenters. The van der Waals surface area contributed by atoms with Gasteiger partial charge in [0.05, 0.1) is 0 Å². The molecule has 0 spiro atoms. The molecule has 60 valence electrons. The van der Waals surface area contributed by atoms with E-state index in [9.17, 15) is 0 Å². The second-order valence-corrected chi connectivity index (χ2v) is 1.15. The van der Waals surface area contributed by atoms with Gasteiger partial charge in [-0.2, -0.15) is 0 Å². The molecule has 0 saturated carbocycles. The van der Waals surface area contributed by atoms with Crippen molar-refractivity contribution >= 4 is 0 Å². The summed E-state index contributed by atoms with van der Waals surface area (Å²) in [4.78, 5) is 0. The summed E-state index contributed by atoms with van der Waals surface area (Å²) in [5.41, 5.74) is 0. The third-order valence-corrected chi connectivity index (χ3v) is 0.667. The van der Waals surface area contributed by atoms with Crippen LogP contribution in [0.2, 0.25) is 0 Å². The van der Waals surface area contributed by atoms with Gasteiger partial charge in [0.25, 0.3) is 0 Å². The SMILES string of the molecule is [C-]#[O+].[C-]#[O+].[C-]#[O+].[Cr+6].c1ccccc1. The summed E-state index contributed by atoms with van der Waals surface area (Å²) in [6, 6.07) is 12.0. The molecule has 13 heavy (non-hydrogen) atoms.